The predicted molar refractivity (Wildman–Crippen MR) is 118 cm³/mol. The van der Waals surface area contributed by atoms with Crippen LogP contribution in [-0.4, -0.2) is 36.4 Å². The zero-order valence-corrected chi connectivity index (χ0v) is 18.8. The minimum absolute atomic E-state index is 0.0932. The second-order valence-corrected chi connectivity index (χ2v) is 7.78. The van der Waals surface area contributed by atoms with Crippen molar-refractivity contribution in [1.29, 1.82) is 0 Å². The molecular formula is C24H44O5. The van der Waals surface area contributed by atoms with Gasteiger partial charge in [-0.25, -0.2) is 0 Å². The van der Waals surface area contributed by atoms with E-state index in [0.717, 1.165) is 25.7 Å². The number of aliphatic hydroxyl groups excluding tert-OH is 1. The van der Waals surface area contributed by atoms with Gasteiger partial charge < -0.3 is 14.6 Å². The van der Waals surface area contributed by atoms with Gasteiger partial charge in [-0.1, -0.05) is 76.9 Å². The molecule has 0 aromatic rings. The Morgan fingerprint density at radius 1 is 0.828 bits per heavy atom. The fourth-order valence-electron chi connectivity index (χ4n) is 3.10. The molecule has 170 valence electrons. The number of rotatable bonds is 20. The lowest BCUT2D eigenvalue weighted by Crippen LogP contribution is -2.28. The average molecular weight is 413 g/mol. The maximum atomic E-state index is 11.7. The maximum absolute atomic E-state index is 11.7. The van der Waals surface area contributed by atoms with Crippen LogP contribution >= 0.6 is 0 Å². The highest BCUT2D eigenvalue weighted by molar-refractivity contribution is 5.69. The summed E-state index contributed by atoms with van der Waals surface area (Å²) >= 11 is 0. The standard InChI is InChI=1S/C24H44O5/c1-3-4-5-6-7-8-9-10-11-12-13-14-15-16-17-18-19-24(27)29-23(20-25)21-28-22(2)26/h11-12,23,25H,3-10,13-21H2,1-2H3/b12-11-. The topological polar surface area (TPSA) is 72.8 Å². The van der Waals surface area contributed by atoms with Gasteiger partial charge in [-0.3, -0.25) is 9.59 Å². The number of carbonyl (C=O) groups is 2. The van der Waals surface area contributed by atoms with Gasteiger partial charge in [0.25, 0.3) is 0 Å². The Hall–Kier alpha value is -1.36. The van der Waals surface area contributed by atoms with Crippen LogP contribution in [0, 0.1) is 0 Å². The molecule has 0 rings (SSSR count). The van der Waals surface area contributed by atoms with E-state index in [2.05, 4.69) is 19.1 Å². The number of carbonyl (C=O) groups excluding carboxylic acids is 2. The molecule has 0 heterocycles. The lowest BCUT2D eigenvalue weighted by atomic mass is 10.1. The zero-order chi connectivity index (χ0) is 21.6. The van der Waals surface area contributed by atoms with E-state index in [4.69, 9.17) is 14.6 Å². The predicted octanol–water partition coefficient (Wildman–Crippen LogP) is 5.88. The molecule has 1 unspecified atom stereocenters. The van der Waals surface area contributed by atoms with Crippen molar-refractivity contribution in [3.05, 3.63) is 12.2 Å². The molecular weight excluding hydrogens is 368 g/mol. The number of aliphatic hydroxyl groups is 1. The van der Waals surface area contributed by atoms with E-state index in [-0.39, 0.29) is 19.2 Å². The molecule has 5 heteroatoms. The smallest absolute Gasteiger partial charge is 0.306 e. The van der Waals surface area contributed by atoms with Crippen molar-refractivity contribution >= 4 is 11.9 Å². The van der Waals surface area contributed by atoms with E-state index in [9.17, 15) is 9.59 Å². The van der Waals surface area contributed by atoms with Crippen molar-refractivity contribution in [3.8, 4) is 0 Å². The largest absolute Gasteiger partial charge is 0.462 e. The molecule has 0 saturated heterocycles. The summed E-state index contributed by atoms with van der Waals surface area (Å²) in [6.07, 6.45) is 21.4. The van der Waals surface area contributed by atoms with Gasteiger partial charge in [-0.15, -0.1) is 0 Å². The maximum Gasteiger partial charge on any atom is 0.306 e. The SMILES string of the molecule is CCCCCCCCC/C=C\CCCCCCCC(=O)OC(CO)COC(C)=O. The fourth-order valence-corrected chi connectivity index (χ4v) is 3.10. The minimum atomic E-state index is -0.765. The fraction of sp³-hybridized carbons (Fsp3) is 0.833. The highest BCUT2D eigenvalue weighted by atomic mass is 16.6. The Morgan fingerprint density at radius 3 is 1.86 bits per heavy atom. The van der Waals surface area contributed by atoms with Gasteiger partial charge >= 0.3 is 11.9 Å². The minimum Gasteiger partial charge on any atom is -0.462 e. The summed E-state index contributed by atoms with van der Waals surface area (Å²) in [7, 11) is 0. The van der Waals surface area contributed by atoms with Crippen LogP contribution in [0.5, 0.6) is 0 Å². The van der Waals surface area contributed by atoms with E-state index in [1.165, 1.54) is 71.1 Å². The summed E-state index contributed by atoms with van der Waals surface area (Å²) in [5, 5.41) is 9.13. The second-order valence-electron chi connectivity index (χ2n) is 7.78. The van der Waals surface area contributed by atoms with E-state index >= 15 is 0 Å². The first-order chi connectivity index (χ1) is 14.1. The van der Waals surface area contributed by atoms with Gasteiger partial charge in [0.2, 0.25) is 0 Å². The van der Waals surface area contributed by atoms with Crippen LogP contribution in [0.1, 0.15) is 110 Å². The van der Waals surface area contributed by atoms with E-state index in [1.807, 2.05) is 0 Å². The number of hydrogen-bond donors (Lipinski definition) is 1. The van der Waals surface area contributed by atoms with Crippen LogP contribution in [0.4, 0.5) is 0 Å². The molecule has 0 spiro atoms. The van der Waals surface area contributed by atoms with Gasteiger partial charge in [0.05, 0.1) is 6.61 Å². The Morgan fingerprint density at radius 2 is 1.34 bits per heavy atom. The second kappa shape index (κ2) is 21.4. The molecule has 0 aromatic carbocycles. The first-order valence-electron chi connectivity index (χ1n) is 11.7. The summed E-state index contributed by atoms with van der Waals surface area (Å²) in [5.74, 6) is -0.795. The van der Waals surface area contributed by atoms with Gasteiger partial charge in [0, 0.05) is 13.3 Å². The first-order valence-corrected chi connectivity index (χ1v) is 11.7. The molecule has 29 heavy (non-hydrogen) atoms. The van der Waals surface area contributed by atoms with Crippen LogP contribution < -0.4 is 0 Å². The third-order valence-corrected chi connectivity index (χ3v) is 4.87. The van der Waals surface area contributed by atoms with Crippen LogP contribution in [-0.2, 0) is 19.1 Å². The molecule has 0 aliphatic rings. The van der Waals surface area contributed by atoms with Crippen molar-refractivity contribution < 1.29 is 24.2 Å². The highest BCUT2D eigenvalue weighted by Crippen LogP contribution is 2.11. The average Bonchev–Trinajstić information content (AvgIpc) is 2.70. The molecule has 1 atom stereocenters. The molecule has 0 aliphatic carbocycles. The van der Waals surface area contributed by atoms with Crippen LogP contribution in [0.2, 0.25) is 0 Å². The molecule has 1 N–H and O–H groups in total. The Labute approximate surface area is 178 Å². The molecule has 0 fully saturated rings. The van der Waals surface area contributed by atoms with Gasteiger partial charge in [0.1, 0.15) is 6.61 Å². The molecule has 0 aliphatic heterocycles. The number of esters is 2. The lowest BCUT2D eigenvalue weighted by Gasteiger charge is -2.15. The van der Waals surface area contributed by atoms with Crippen molar-refractivity contribution in [3.63, 3.8) is 0 Å². The van der Waals surface area contributed by atoms with Crippen LogP contribution in [0.15, 0.2) is 12.2 Å². The third kappa shape index (κ3) is 21.2. The number of unbranched alkanes of at least 4 members (excludes halogenated alkanes) is 12. The number of ether oxygens (including phenoxy) is 2. The number of allylic oxidation sites excluding steroid dienone is 2. The number of hydrogen-bond acceptors (Lipinski definition) is 5. The Bertz CT molecular complexity index is 419. The summed E-state index contributed by atoms with van der Waals surface area (Å²) in [4.78, 5) is 22.5. The molecule has 5 nitrogen and oxygen atoms in total. The zero-order valence-electron chi connectivity index (χ0n) is 18.8. The molecule has 0 amide bonds. The summed E-state index contributed by atoms with van der Waals surface area (Å²) in [5.41, 5.74) is 0. The first kappa shape index (κ1) is 27.6. The van der Waals surface area contributed by atoms with E-state index < -0.39 is 12.1 Å². The van der Waals surface area contributed by atoms with Crippen molar-refractivity contribution in [2.24, 2.45) is 0 Å². The van der Waals surface area contributed by atoms with Gasteiger partial charge in [-0.05, 0) is 32.1 Å². The van der Waals surface area contributed by atoms with E-state index in [0.29, 0.717) is 6.42 Å². The molecule has 0 bridgehead atoms. The molecule has 0 aromatic heterocycles. The summed E-state index contributed by atoms with van der Waals surface area (Å²) < 4.78 is 9.85. The molecule has 0 saturated carbocycles. The van der Waals surface area contributed by atoms with Crippen molar-refractivity contribution in [2.75, 3.05) is 13.2 Å². The van der Waals surface area contributed by atoms with Crippen LogP contribution in [0.25, 0.3) is 0 Å². The van der Waals surface area contributed by atoms with Crippen molar-refractivity contribution in [2.45, 2.75) is 116 Å². The van der Waals surface area contributed by atoms with Gasteiger partial charge in [0.15, 0.2) is 6.10 Å². The van der Waals surface area contributed by atoms with E-state index in [1.54, 1.807) is 0 Å². The molecule has 0 radical (unpaired) electrons. The monoisotopic (exact) mass is 412 g/mol. The highest BCUT2D eigenvalue weighted by Gasteiger charge is 2.14. The summed E-state index contributed by atoms with van der Waals surface area (Å²) in [6.45, 7) is 3.10. The normalized spacial score (nSPS) is 12.2. The Balaban J connectivity index is 3.41. The summed E-state index contributed by atoms with van der Waals surface area (Å²) in [6, 6.07) is 0. The van der Waals surface area contributed by atoms with Crippen molar-refractivity contribution in [1.82, 2.24) is 0 Å². The quantitative estimate of drug-likeness (QED) is 0.153. The lowest BCUT2D eigenvalue weighted by molar-refractivity contribution is -0.160. The third-order valence-electron chi connectivity index (χ3n) is 4.87. The Kier molecular flexibility index (Phi) is 20.3. The van der Waals surface area contributed by atoms with Crippen LogP contribution in [0.3, 0.4) is 0 Å². The van der Waals surface area contributed by atoms with Gasteiger partial charge in [-0.2, -0.15) is 0 Å².